The Balaban J connectivity index is 1.26. The van der Waals surface area contributed by atoms with Gasteiger partial charge < -0.3 is 15.0 Å². The van der Waals surface area contributed by atoms with Crippen LogP contribution in [0, 0.1) is 0 Å². The maximum atomic E-state index is 12.6. The lowest BCUT2D eigenvalue weighted by Gasteiger charge is -2.29. The first kappa shape index (κ1) is 24.2. The number of amides is 2. The maximum absolute atomic E-state index is 12.6. The van der Waals surface area contributed by atoms with E-state index < -0.39 is 0 Å². The minimum absolute atomic E-state index is 0.0596. The molecular weight excluding hydrogens is 456 g/mol. The number of hydrogen-bond donors (Lipinski definition) is 1. The van der Waals surface area contributed by atoms with Crippen molar-refractivity contribution in [3.05, 3.63) is 58.3 Å². The van der Waals surface area contributed by atoms with E-state index in [1.807, 2.05) is 22.4 Å². The number of allylic oxidation sites excluding steroid dienone is 2. The van der Waals surface area contributed by atoms with E-state index in [1.165, 1.54) is 32.0 Å². The predicted octanol–water partition coefficient (Wildman–Crippen LogP) is 5.11. The fourth-order valence-corrected chi connectivity index (χ4v) is 6.12. The molecule has 186 valence electrons. The molecule has 0 saturated carbocycles. The number of fused-ring (bicyclic) bond motifs is 1. The predicted molar refractivity (Wildman–Crippen MR) is 143 cm³/mol. The molecule has 5 rings (SSSR count). The van der Waals surface area contributed by atoms with Crippen LogP contribution in [0.5, 0.6) is 0 Å². The molecule has 1 saturated heterocycles. The van der Waals surface area contributed by atoms with Crippen LogP contribution in [0.2, 0.25) is 0 Å². The average Bonchev–Trinajstić information content (AvgIpc) is 3.54. The Morgan fingerprint density at radius 3 is 2.74 bits per heavy atom. The van der Waals surface area contributed by atoms with Gasteiger partial charge in [-0.2, -0.15) is 0 Å². The van der Waals surface area contributed by atoms with Gasteiger partial charge in [0.1, 0.15) is 0 Å². The number of nitrogens with zero attached hydrogens (tertiary/aromatic N) is 3. The van der Waals surface area contributed by atoms with Crippen molar-refractivity contribution in [1.29, 1.82) is 0 Å². The molecule has 2 aromatic rings. The van der Waals surface area contributed by atoms with Crippen LogP contribution in [-0.4, -0.2) is 66.2 Å². The van der Waals surface area contributed by atoms with Crippen molar-refractivity contribution in [1.82, 2.24) is 20.1 Å². The Bertz CT molecular complexity index is 1110. The highest BCUT2D eigenvalue weighted by atomic mass is 32.1. The highest BCUT2D eigenvalue weighted by molar-refractivity contribution is 7.15. The molecule has 0 unspecified atom stereocenters. The van der Waals surface area contributed by atoms with Gasteiger partial charge in [0.15, 0.2) is 0 Å². The van der Waals surface area contributed by atoms with Crippen LogP contribution in [0.3, 0.4) is 0 Å². The molecule has 0 spiro atoms. The Labute approximate surface area is 212 Å². The van der Waals surface area contributed by atoms with Crippen molar-refractivity contribution in [2.75, 3.05) is 39.4 Å². The van der Waals surface area contributed by atoms with Gasteiger partial charge in [-0.3, -0.25) is 9.88 Å². The quantitative estimate of drug-likeness (QED) is 0.583. The largest absolute Gasteiger partial charge is 0.379 e. The molecule has 0 aromatic carbocycles. The third-order valence-electron chi connectivity index (χ3n) is 7.34. The van der Waals surface area contributed by atoms with Gasteiger partial charge in [-0.25, -0.2) is 4.79 Å². The second kappa shape index (κ2) is 11.1. The first-order valence-electron chi connectivity index (χ1n) is 13.0. The van der Waals surface area contributed by atoms with Crippen LogP contribution in [0.4, 0.5) is 4.79 Å². The zero-order valence-electron chi connectivity index (χ0n) is 20.9. The van der Waals surface area contributed by atoms with E-state index in [0.717, 1.165) is 70.8 Å². The van der Waals surface area contributed by atoms with Crippen molar-refractivity contribution >= 4 is 22.9 Å². The van der Waals surface area contributed by atoms with E-state index in [9.17, 15) is 4.79 Å². The molecule has 2 aromatic heterocycles. The Hall–Kier alpha value is -2.48. The number of ether oxygens (including phenoxy) is 1. The molecule has 2 amide bonds. The highest BCUT2D eigenvalue weighted by Gasteiger charge is 2.24. The summed E-state index contributed by atoms with van der Waals surface area (Å²) in [5, 5.41) is 3.16. The van der Waals surface area contributed by atoms with E-state index in [2.05, 4.69) is 54.4 Å². The van der Waals surface area contributed by atoms with E-state index in [0.29, 0.717) is 6.54 Å². The van der Waals surface area contributed by atoms with Crippen molar-refractivity contribution in [3.63, 3.8) is 0 Å². The summed E-state index contributed by atoms with van der Waals surface area (Å²) in [7, 11) is 0. The minimum Gasteiger partial charge on any atom is -0.379 e. The lowest BCUT2D eigenvalue weighted by atomic mass is 9.95. The standard InChI is InChI=1S/C28H36N4O2S/c1-3-22(4-2)30-28(33)32-11-9-20(10-12-32)24-6-7-26-25(24)17-21(18-29-26)27-8-5-23(35-27)19-31-13-15-34-16-14-31/h5-6,8-9,17-18,22H,3-4,7,10-16,19H2,1-2H3,(H,30,33). The smallest absolute Gasteiger partial charge is 0.317 e. The van der Waals surface area contributed by atoms with Crippen LogP contribution in [0.1, 0.15) is 49.2 Å². The van der Waals surface area contributed by atoms with E-state index in [1.54, 1.807) is 0 Å². The zero-order valence-corrected chi connectivity index (χ0v) is 21.7. The number of thiophene rings is 1. The van der Waals surface area contributed by atoms with Gasteiger partial charge in [0.05, 0.1) is 18.9 Å². The van der Waals surface area contributed by atoms with Crippen molar-refractivity contribution < 1.29 is 9.53 Å². The van der Waals surface area contributed by atoms with Gasteiger partial charge in [-0.05, 0) is 48.6 Å². The fraction of sp³-hybridized carbons (Fsp3) is 0.500. The van der Waals surface area contributed by atoms with Gasteiger partial charge in [-0.1, -0.05) is 26.0 Å². The first-order valence-corrected chi connectivity index (χ1v) is 13.8. The summed E-state index contributed by atoms with van der Waals surface area (Å²) in [5.74, 6) is 0. The van der Waals surface area contributed by atoms with Crippen LogP contribution in [0.25, 0.3) is 16.0 Å². The SMILES string of the molecule is CCC(CC)NC(=O)N1CC=C(C2=CCc3ncc(-c4ccc(CN5CCOCC5)s4)cc32)CC1. The van der Waals surface area contributed by atoms with Crippen molar-refractivity contribution in [3.8, 4) is 10.4 Å². The second-order valence-electron chi connectivity index (χ2n) is 9.58. The highest BCUT2D eigenvalue weighted by Crippen LogP contribution is 2.38. The second-order valence-corrected chi connectivity index (χ2v) is 10.8. The molecule has 2 aliphatic heterocycles. The minimum atomic E-state index is 0.0596. The van der Waals surface area contributed by atoms with E-state index in [4.69, 9.17) is 9.72 Å². The molecule has 3 aliphatic rings. The van der Waals surface area contributed by atoms with Crippen LogP contribution < -0.4 is 5.32 Å². The molecule has 6 nitrogen and oxygen atoms in total. The normalized spacial score (nSPS) is 18.4. The number of carbonyl (C=O) groups excluding carboxylic acids is 1. The topological polar surface area (TPSA) is 57.7 Å². The third-order valence-corrected chi connectivity index (χ3v) is 8.46. The summed E-state index contributed by atoms with van der Waals surface area (Å²) in [6.45, 7) is 10.3. The Morgan fingerprint density at radius 1 is 1.17 bits per heavy atom. The number of morpholine rings is 1. The molecule has 4 heterocycles. The van der Waals surface area contributed by atoms with Gasteiger partial charge >= 0.3 is 6.03 Å². The molecular formula is C28H36N4O2S. The van der Waals surface area contributed by atoms with Crippen molar-refractivity contribution in [2.45, 2.75) is 52.1 Å². The van der Waals surface area contributed by atoms with Gasteiger partial charge in [-0.15, -0.1) is 11.3 Å². The number of nitrogens with one attached hydrogen (secondary N) is 1. The zero-order chi connectivity index (χ0) is 24.2. The number of carbonyl (C=O) groups is 1. The summed E-state index contributed by atoms with van der Waals surface area (Å²) in [4.78, 5) is 24.5. The van der Waals surface area contributed by atoms with E-state index >= 15 is 0 Å². The van der Waals surface area contributed by atoms with Crippen LogP contribution in [0.15, 0.2) is 42.1 Å². The molecule has 1 fully saturated rings. The van der Waals surface area contributed by atoms with Gasteiger partial charge in [0.25, 0.3) is 0 Å². The molecule has 0 radical (unpaired) electrons. The molecule has 35 heavy (non-hydrogen) atoms. The first-order chi connectivity index (χ1) is 17.1. The van der Waals surface area contributed by atoms with Gasteiger partial charge in [0.2, 0.25) is 0 Å². The van der Waals surface area contributed by atoms with Crippen LogP contribution in [-0.2, 0) is 17.7 Å². The molecule has 0 atom stereocenters. The average molecular weight is 493 g/mol. The molecule has 7 heteroatoms. The summed E-state index contributed by atoms with van der Waals surface area (Å²) >= 11 is 1.87. The lowest BCUT2D eigenvalue weighted by molar-refractivity contribution is 0.0346. The van der Waals surface area contributed by atoms with Crippen LogP contribution >= 0.6 is 11.3 Å². The Morgan fingerprint density at radius 2 is 2.00 bits per heavy atom. The number of urea groups is 1. The summed E-state index contributed by atoms with van der Waals surface area (Å²) in [5.41, 5.74) is 6.25. The Kier molecular flexibility index (Phi) is 7.66. The van der Waals surface area contributed by atoms with Gasteiger partial charge in [0, 0.05) is 72.3 Å². The molecule has 1 aliphatic carbocycles. The van der Waals surface area contributed by atoms with E-state index in [-0.39, 0.29) is 12.1 Å². The fourth-order valence-electron chi connectivity index (χ4n) is 5.09. The third kappa shape index (κ3) is 5.52. The number of rotatable bonds is 7. The number of pyridine rings is 1. The number of aromatic nitrogens is 1. The summed E-state index contributed by atoms with van der Waals surface area (Å²) in [6, 6.07) is 7.12. The monoisotopic (exact) mass is 492 g/mol. The summed E-state index contributed by atoms with van der Waals surface area (Å²) in [6.07, 6.45) is 10.3. The lowest BCUT2D eigenvalue weighted by Crippen LogP contribution is -2.46. The molecule has 1 N–H and O–H groups in total. The summed E-state index contributed by atoms with van der Waals surface area (Å²) < 4.78 is 5.48. The maximum Gasteiger partial charge on any atom is 0.317 e. The number of hydrogen-bond acceptors (Lipinski definition) is 5. The van der Waals surface area contributed by atoms with Crippen molar-refractivity contribution in [2.24, 2.45) is 0 Å². The molecule has 0 bridgehead atoms.